The van der Waals surface area contributed by atoms with Crippen LogP contribution in [0.3, 0.4) is 0 Å². The molecule has 0 radical (unpaired) electrons. The van der Waals surface area contributed by atoms with Gasteiger partial charge in [0.05, 0.1) is 18.4 Å². The summed E-state index contributed by atoms with van der Waals surface area (Å²) < 4.78 is 45.6. The van der Waals surface area contributed by atoms with Crippen molar-refractivity contribution < 1.29 is 27.4 Å². The van der Waals surface area contributed by atoms with E-state index in [0.29, 0.717) is 12.0 Å². The number of nitrogens with zero attached hydrogens (tertiary/aromatic N) is 1. The van der Waals surface area contributed by atoms with Crippen molar-refractivity contribution in [3.63, 3.8) is 0 Å². The minimum absolute atomic E-state index is 0.0323. The fourth-order valence-electron chi connectivity index (χ4n) is 2.70. The Hall–Kier alpha value is -2.61. The van der Waals surface area contributed by atoms with Gasteiger partial charge in [-0.2, -0.15) is 0 Å². The van der Waals surface area contributed by atoms with E-state index in [1.165, 1.54) is 25.3 Å². The molecule has 0 saturated carbocycles. The molecule has 0 unspecified atom stereocenters. The summed E-state index contributed by atoms with van der Waals surface area (Å²) in [7, 11) is -2.79. The normalized spacial score (nSPS) is 13.7. The van der Waals surface area contributed by atoms with Gasteiger partial charge in [-0.3, -0.25) is 4.31 Å². The number of aromatic carboxylic acids is 1. The number of rotatable bonds is 4. The zero-order valence-electron chi connectivity index (χ0n) is 12.7. The molecule has 0 bridgehead atoms. The Morgan fingerprint density at radius 3 is 2.67 bits per heavy atom. The highest BCUT2D eigenvalue weighted by Crippen LogP contribution is 2.36. The number of sulfonamides is 1. The maximum absolute atomic E-state index is 13.5. The molecule has 1 heterocycles. The quantitative estimate of drug-likeness (QED) is 0.914. The first-order chi connectivity index (χ1) is 11.3. The lowest BCUT2D eigenvalue weighted by atomic mass is 10.2. The summed E-state index contributed by atoms with van der Waals surface area (Å²) in [6, 6.07) is 7.59. The van der Waals surface area contributed by atoms with Crippen molar-refractivity contribution in [3.8, 4) is 5.75 Å². The molecule has 2 aromatic carbocycles. The number of carboxylic acids is 1. The number of carbonyl (C=O) groups is 1. The molecule has 3 rings (SSSR count). The van der Waals surface area contributed by atoms with Gasteiger partial charge < -0.3 is 9.84 Å². The Labute approximate surface area is 138 Å². The van der Waals surface area contributed by atoms with Crippen molar-refractivity contribution in [2.45, 2.75) is 11.3 Å². The van der Waals surface area contributed by atoms with Crippen molar-refractivity contribution in [2.24, 2.45) is 0 Å². The zero-order valence-corrected chi connectivity index (χ0v) is 13.5. The van der Waals surface area contributed by atoms with Crippen LogP contribution >= 0.6 is 0 Å². The highest BCUT2D eigenvalue weighted by atomic mass is 32.2. The van der Waals surface area contributed by atoms with Gasteiger partial charge >= 0.3 is 5.97 Å². The highest BCUT2D eigenvalue weighted by Gasteiger charge is 2.33. The molecule has 8 heteroatoms. The molecule has 24 heavy (non-hydrogen) atoms. The second-order valence-electron chi connectivity index (χ2n) is 5.27. The lowest BCUT2D eigenvalue weighted by molar-refractivity contribution is 0.0696. The molecule has 0 atom stereocenters. The Bertz CT molecular complexity index is 926. The summed E-state index contributed by atoms with van der Waals surface area (Å²) in [5.41, 5.74) is 0.805. The van der Waals surface area contributed by atoms with Crippen LogP contribution in [-0.4, -0.2) is 33.1 Å². The zero-order chi connectivity index (χ0) is 17.5. The van der Waals surface area contributed by atoms with Crippen molar-refractivity contribution in [1.82, 2.24) is 0 Å². The first-order valence-corrected chi connectivity index (χ1v) is 8.51. The van der Waals surface area contributed by atoms with Crippen LogP contribution in [0.4, 0.5) is 10.1 Å². The van der Waals surface area contributed by atoms with Crippen LogP contribution < -0.4 is 9.04 Å². The Morgan fingerprint density at radius 1 is 1.25 bits per heavy atom. The topological polar surface area (TPSA) is 83.9 Å². The predicted molar refractivity (Wildman–Crippen MR) is 84.6 cm³/mol. The van der Waals surface area contributed by atoms with Crippen LogP contribution in [-0.2, 0) is 16.4 Å². The third-order valence-corrected chi connectivity index (χ3v) is 5.71. The predicted octanol–water partition coefficient (Wildman–Crippen LogP) is 2.28. The second kappa shape index (κ2) is 5.79. The molecule has 1 N–H and O–H groups in total. The second-order valence-corrected chi connectivity index (χ2v) is 7.10. The van der Waals surface area contributed by atoms with E-state index in [1.807, 2.05) is 0 Å². The van der Waals surface area contributed by atoms with Gasteiger partial charge in [-0.15, -0.1) is 0 Å². The van der Waals surface area contributed by atoms with Gasteiger partial charge in [0.15, 0.2) is 0 Å². The summed E-state index contributed by atoms with van der Waals surface area (Å²) in [4.78, 5) is 10.9. The minimum atomic E-state index is -4.09. The molecule has 2 aromatic rings. The van der Waals surface area contributed by atoms with Crippen LogP contribution in [0.15, 0.2) is 41.3 Å². The fraction of sp³-hybridized carbons (Fsp3) is 0.188. The number of ether oxygens (including phenoxy) is 1. The van der Waals surface area contributed by atoms with E-state index in [4.69, 9.17) is 9.84 Å². The standard InChI is InChI=1S/C16H14FNO5S/c1-23-14-5-3-11(16(19)20)8-15(14)24(21,22)18-7-6-10-2-4-12(17)9-13(10)18/h2-5,8-9H,6-7H2,1H3,(H,19,20). The van der Waals surface area contributed by atoms with Crippen LogP contribution in [0.5, 0.6) is 5.75 Å². The van der Waals surface area contributed by atoms with E-state index < -0.39 is 21.8 Å². The van der Waals surface area contributed by atoms with Gasteiger partial charge in [0.25, 0.3) is 10.0 Å². The van der Waals surface area contributed by atoms with Gasteiger partial charge in [0, 0.05) is 6.54 Å². The lowest BCUT2D eigenvalue weighted by Gasteiger charge is -2.21. The summed E-state index contributed by atoms with van der Waals surface area (Å²) in [5.74, 6) is -1.76. The van der Waals surface area contributed by atoms with E-state index in [0.717, 1.165) is 16.4 Å². The fourth-order valence-corrected chi connectivity index (χ4v) is 4.38. The van der Waals surface area contributed by atoms with Crippen molar-refractivity contribution in [3.05, 3.63) is 53.3 Å². The third-order valence-electron chi connectivity index (χ3n) is 3.88. The highest BCUT2D eigenvalue weighted by molar-refractivity contribution is 7.93. The molecule has 0 spiro atoms. The molecular weight excluding hydrogens is 337 g/mol. The van der Waals surface area contributed by atoms with E-state index in [2.05, 4.69) is 0 Å². The third kappa shape index (κ3) is 2.58. The average molecular weight is 351 g/mol. The number of fused-ring (bicyclic) bond motifs is 1. The Morgan fingerprint density at radius 2 is 2.00 bits per heavy atom. The monoisotopic (exact) mass is 351 g/mol. The molecule has 0 fully saturated rings. The minimum Gasteiger partial charge on any atom is -0.495 e. The van der Waals surface area contributed by atoms with E-state index in [1.54, 1.807) is 6.07 Å². The largest absolute Gasteiger partial charge is 0.495 e. The maximum Gasteiger partial charge on any atom is 0.335 e. The molecule has 1 aliphatic heterocycles. The summed E-state index contributed by atoms with van der Waals surface area (Å²) in [6.07, 6.45) is 0.454. The molecule has 126 valence electrons. The van der Waals surface area contributed by atoms with E-state index in [9.17, 15) is 17.6 Å². The van der Waals surface area contributed by atoms with Crippen molar-refractivity contribution in [1.29, 1.82) is 0 Å². The molecule has 0 amide bonds. The average Bonchev–Trinajstić information content (AvgIpc) is 2.97. The smallest absolute Gasteiger partial charge is 0.335 e. The molecule has 1 aliphatic rings. The van der Waals surface area contributed by atoms with E-state index >= 15 is 0 Å². The number of hydrogen-bond acceptors (Lipinski definition) is 4. The molecule has 0 aromatic heterocycles. The molecular formula is C16H14FNO5S. The molecule has 0 aliphatic carbocycles. The molecule has 6 nitrogen and oxygen atoms in total. The van der Waals surface area contributed by atoms with E-state index in [-0.39, 0.29) is 28.4 Å². The SMILES string of the molecule is COc1ccc(C(=O)O)cc1S(=O)(=O)N1CCc2ccc(F)cc21. The van der Waals surface area contributed by atoms with Gasteiger partial charge in [-0.25, -0.2) is 17.6 Å². The molecule has 0 saturated heterocycles. The summed E-state index contributed by atoms with van der Waals surface area (Å²) in [5, 5.41) is 9.10. The maximum atomic E-state index is 13.5. The Balaban J connectivity index is 2.15. The van der Waals surface area contributed by atoms with Crippen LogP contribution in [0.2, 0.25) is 0 Å². The number of anilines is 1. The number of hydrogen-bond donors (Lipinski definition) is 1. The number of benzene rings is 2. The summed E-state index contributed by atoms with van der Waals surface area (Å²) in [6.45, 7) is 0.154. The van der Waals surface area contributed by atoms with Crippen molar-refractivity contribution in [2.75, 3.05) is 18.0 Å². The van der Waals surface area contributed by atoms with Gasteiger partial charge in [0.1, 0.15) is 16.5 Å². The van der Waals surface area contributed by atoms with Gasteiger partial charge in [-0.05, 0) is 42.3 Å². The van der Waals surface area contributed by atoms with Gasteiger partial charge in [-0.1, -0.05) is 6.07 Å². The van der Waals surface area contributed by atoms with Crippen LogP contribution in [0.1, 0.15) is 15.9 Å². The number of carboxylic acid groups (broad SMARTS) is 1. The first kappa shape index (κ1) is 16.3. The van der Waals surface area contributed by atoms with Crippen LogP contribution in [0.25, 0.3) is 0 Å². The van der Waals surface area contributed by atoms with Crippen molar-refractivity contribution >= 4 is 21.7 Å². The summed E-state index contributed by atoms with van der Waals surface area (Å²) >= 11 is 0. The Kier molecular flexibility index (Phi) is 3.92. The van der Waals surface area contributed by atoms with Gasteiger partial charge in [0.2, 0.25) is 0 Å². The lowest BCUT2D eigenvalue weighted by Crippen LogP contribution is -2.29. The van der Waals surface area contributed by atoms with Crippen LogP contribution in [0, 0.1) is 5.82 Å². The number of halogens is 1. The first-order valence-electron chi connectivity index (χ1n) is 7.07. The number of methoxy groups -OCH3 is 1.